The second-order valence-electron chi connectivity index (χ2n) is 4.74. The highest BCUT2D eigenvalue weighted by atomic mass is 32.2. The maximum atomic E-state index is 12.4. The molecule has 1 aliphatic rings. The lowest BCUT2D eigenvalue weighted by atomic mass is 10.1. The van der Waals surface area contributed by atoms with Gasteiger partial charge in [0.15, 0.2) is 0 Å². The van der Waals surface area contributed by atoms with E-state index in [1.165, 1.54) is 12.1 Å². The fraction of sp³-hybridized carbons (Fsp3) is 0.462. The van der Waals surface area contributed by atoms with E-state index in [-0.39, 0.29) is 11.7 Å². The van der Waals surface area contributed by atoms with Crippen LogP contribution in [-0.4, -0.2) is 39.5 Å². The highest BCUT2D eigenvalue weighted by Crippen LogP contribution is 2.27. The number of nitrogen functional groups attached to an aromatic ring is 1. The van der Waals surface area contributed by atoms with Crippen molar-refractivity contribution in [3.05, 3.63) is 23.8 Å². The maximum Gasteiger partial charge on any atom is 0.256 e. The number of benzene rings is 1. The van der Waals surface area contributed by atoms with Crippen molar-refractivity contribution in [1.82, 2.24) is 4.90 Å². The van der Waals surface area contributed by atoms with E-state index >= 15 is 0 Å². The Kier molecular flexibility index (Phi) is 3.71. The molecule has 0 spiro atoms. The minimum atomic E-state index is -0.0950. The number of hydrogen-bond acceptors (Lipinski definition) is 4. The SMILES string of the molecule is CC1CN(C(=O)c2cc(O)ccc2N)CC(C)S1. The van der Waals surface area contributed by atoms with Crippen LogP contribution >= 0.6 is 11.8 Å². The predicted octanol–water partition coefficient (Wildman–Crippen LogP) is 1.94. The molecule has 0 radical (unpaired) electrons. The molecule has 1 aromatic carbocycles. The quantitative estimate of drug-likeness (QED) is 0.602. The number of anilines is 1. The van der Waals surface area contributed by atoms with E-state index in [4.69, 9.17) is 5.73 Å². The average Bonchev–Trinajstić information content (AvgIpc) is 2.30. The van der Waals surface area contributed by atoms with Crippen LogP contribution in [0.5, 0.6) is 5.75 Å². The molecular weight excluding hydrogens is 248 g/mol. The smallest absolute Gasteiger partial charge is 0.256 e. The molecule has 98 valence electrons. The number of nitrogens with two attached hydrogens (primary N) is 1. The Labute approximate surface area is 111 Å². The van der Waals surface area contributed by atoms with Gasteiger partial charge in [-0.05, 0) is 18.2 Å². The van der Waals surface area contributed by atoms with Gasteiger partial charge in [-0.2, -0.15) is 11.8 Å². The predicted molar refractivity (Wildman–Crippen MR) is 74.9 cm³/mol. The molecule has 0 bridgehead atoms. The van der Waals surface area contributed by atoms with E-state index in [2.05, 4.69) is 13.8 Å². The summed E-state index contributed by atoms with van der Waals surface area (Å²) in [5.41, 5.74) is 6.61. The normalized spacial score (nSPS) is 24.0. The maximum absolute atomic E-state index is 12.4. The minimum absolute atomic E-state index is 0.0695. The van der Waals surface area contributed by atoms with Gasteiger partial charge < -0.3 is 15.7 Å². The number of phenolic OH excluding ortho intramolecular Hbond substituents is 1. The van der Waals surface area contributed by atoms with Crippen molar-refractivity contribution >= 4 is 23.4 Å². The van der Waals surface area contributed by atoms with Crippen LogP contribution in [0.4, 0.5) is 5.69 Å². The molecule has 18 heavy (non-hydrogen) atoms. The molecule has 1 aromatic rings. The zero-order valence-corrected chi connectivity index (χ0v) is 11.4. The van der Waals surface area contributed by atoms with Crippen molar-refractivity contribution in [1.29, 1.82) is 0 Å². The topological polar surface area (TPSA) is 66.6 Å². The third-order valence-electron chi connectivity index (χ3n) is 2.97. The third kappa shape index (κ3) is 2.72. The largest absolute Gasteiger partial charge is 0.508 e. The number of thioether (sulfide) groups is 1. The van der Waals surface area contributed by atoms with Gasteiger partial charge in [0.1, 0.15) is 5.75 Å². The summed E-state index contributed by atoms with van der Waals surface area (Å²) in [6, 6.07) is 4.49. The number of carbonyl (C=O) groups excluding carboxylic acids is 1. The average molecular weight is 266 g/mol. The highest BCUT2D eigenvalue weighted by molar-refractivity contribution is 8.00. The number of carbonyl (C=O) groups is 1. The van der Waals surface area contributed by atoms with E-state index in [1.807, 2.05) is 16.7 Å². The molecule has 3 N–H and O–H groups in total. The molecule has 5 heteroatoms. The fourth-order valence-corrected chi connectivity index (χ4v) is 3.57. The molecule has 1 amide bonds. The Bertz CT molecular complexity index is 454. The third-order valence-corrected chi connectivity index (χ3v) is 4.20. The van der Waals surface area contributed by atoms with E-state index in [1.54, 1.807) is 6.07 Å². The molecule has 0 aliphatic carbocycles. The summed E-state index contributed by atoms with van der Waals surface area (Å²) in [6.45, 7) is 5.69. The number of amides is 1. The summed E-state index contributed by atoms with van der Waals surface area (Å²) < 4.78 is 0. The first-order valence-electron chi connectivity index (χ1n) is 6.00. The second-order valence-corrected chi connectivity index (χ2v) is 6.62. The van der Waals surface area contributed by atoms with Crippen molar-refractivity contribution in [2.45, 2.75) is 24.3 Å². The number of nitrogens with zero attached hydrogens (tertiary/aromatic N) is 1. The molecule has 1 saturated heterocycles. The Balaban J connectivity index is 2.22. The first-order valence-corrected chi connectivity index (χ1v) is 6.95. The fourth-order valence-electron chi connectivity index (χ4n) is 2.24. The molecule has 1 fully saturated rings. The summed E-state index contributed by atoms with van der Waals surface area (Å²) in [6.07, 6.45) is 0. The van der Waals surface area contributed by atoms with Gasteiger partial charge in [-0.25, -0.2) is 0 Å². The monoisotopic (exact) mass is 266 g/mol. The Morgan fingerprint density at radius 3 is 2.61 bits per heavy atom. The summed E-state index contributed by atoms with van der Waals surface area (Å²) in [5.74, 6) is -0.0255. The van der Waals surface area contributed by atoms with Crippen LogP contribution in [0.1, 0.15) is 24.2 Å². The summed E-state index contributed by atoms with van der Waals surface area (Å²) in [5, 5.41) is 10.3. The van der Waals surface area contributed by atoms with Gasteiger partial charge in [0.05, 0.1) is 5.56 Å². The van der Waals surface area contributed by atoms with Gasteiger partial charge >= 0.3 is 0 Å². The lowest BCUT2D eigenvalue weighted by molar-refractivity contribution is 0.0754. The lowest BCUT2D eigenvalue weighted by Gasteiger charge is -2.34. The van der Waals surface area contributed by atoms with Crippen LogP contribution in [0.25, 0.3) is 0 Å². The summed E-state index contributed by atoms with van der Waals surface area (Å²) >= 11 is 1.89. The highest BCUT2D eigenvalue weighted by Gasteiger charge is 2.27. The van der Waals surface area contributed by atoms with Crippen LogP contribution in [0.15, 0.2) is 18.2 Å². The van der Waals surface area contributed by atoms with Gasteiger partial charge in [-0.15, -0.1) is 0 Å². The van der Waals surface area contributed by atoms with E-state index in [0.29, 0.717) is 21.8 Å². The van der Waals surface area contributed by atoms with E-state index < -0.39 is 0 Å². The molecule has 1 aliphatic heterocycles. The lowest BCUT2D eigenvalue weighted by Crippen LogP contribution is -2.44. The van der Waals surface area contributed by atoms with Crippen molar-refractivity contribution in [3.8, 4) is 5.75 Å². The Hall–Kier alpha value is -1.36. The molecule has 1 heterocycles. The summed E-state index contributed by atoms with van der Waals surface area (Å²) in [4.78, 5) is 14.2. The van der Waals surface area contributed by atoms with Crippen molar-refractivity contribution in [3.63, 3.8) is 0 Å². The van der Waals surface area contributed by atoms with Crippen molar-refractivity contribution < 1.29 is 9.90 Å². The van der Waals surface area contributed by atoms with Gasteiger partial charge in [-0.3, -0.25) is 4.79 Å². The molecule has 2 unspecified atom stereocenters. The number of phenols is 1. The standard InChI is InChI=1S/C13H18N2O2S/c1-8-6-15(7-9(2)18-8)13(17)11-5-10(16)3-4-12(11)14/h3-5,8-9,16H,6-7,14H2,1-2H3. The molecule has 4 nitrogen and oxygen atoms in total. The number of aromatic hydroxyl groups is 1. The molecule has 0 aromatic heterocycles. The van der Waals surface area contributed by atoms with E-state index in [0.717, 1.165) is 13.1 Å². The van der Waals surface area contributed by atoms with Gasteiger partial charge in [0.2, 0.25) is 0 Å². The second kappa shape index (κ2) is 5.10. The Morgan fingerprint density at radius 2 is 2.00 bits per heavy atom. The first-order chi connectivity index (χ1) is 8.47. The zero-order chi connectivity index (χ0) is 13.3. The van der Waals surface area contributed by atoms with Crippen molar-refractivity contribution in [2.75, 3.05) is 18.8 Å². The van der Waals surface area contributed by atoms with Gasteiger partial charge in [-0.1, -0.05) is 13.8 Å². The summed E-state index contributed by atoms with van der Waals surface area (Å²) in [7, 11) is 0. The van der Waals surface area contributed by atoms with Crippen LogP contribution < -0.4 is 5.73 Å². The van der Waals surface area contributed by atoms with Crippen LogP contribution in [0.3, 0.4) is 0 Å². The number of hydrogen-bond donors (Lipinski definition) is 2. The van der Waals surface area contributed by atoms with E-state index in [9.17, 15) is 9.90 Å². The van der Waals surface area contributed by atoms with Crippen molar-refractivity contribution in [2.24, 2.45) is 0 Å². The van der Waals surface area contributed by atoms with Crippen LogP contribution in [0.2, 0.25) is 0 Å². The molecule has 2 atom stereocenters. The molecule has 0 saturated carbocycles. The number of rotatable bonds is 1. The molecule has 2 rings (SSSR count). The van der Waals surface area contributed by atoms with Gasteiger partial charge in [0.25, 0.3) is 5.91 Å². The zero-order valence-electron chi connectivity index (χ0n) is 10.6. The van der Waals surface area contributed by atoms with Crippen LogP contribution in [0, 0.1) is 0 Å². The Morgan fingerprint density at radius 1 is 1.39 bits per heavy atom. The van der Waals surface area contributed by atoms with Gasteiger partial charge in [0, 0.05) is 29.3 Å². The molecular formula is C13H18N2O2S. The minimum Gasteiger partial charge on any atom is -0.508 e. The first kappa shape index (κ1) is 13.1. The van der Waals surface area contributed by atoms with Crippen LogP contribution in [-0.2, 0) is 0 Å².